The average molecular weight is 220 g/mol. The van der Waals surface area contributed by atoms with Crippen LogP contribution in [-0.2, 0) is 11.3 Å². The number of likely N-dealkylation sites (N-methyl/N-ethyl adjacent to an activating group) is 1. The summed E-state index contributed by atoms with van der Waals surface area (Å²) >= 11 is 0. The quantitative estimate of drug-likeness (QED) is 0.714. The van der Waals surface area contributed by atoms with Crippen LogP contribution in [0.2, 0.25) is 0 Å². The minimum atomic E-state index is -0.0709. The summed E-state index contributed by atoms with van der Waals surface area (Å²) in [6, 6.07) is 1.96. The highest BCUT2D eigenvalue weighted by Crippen LogP contribution is 2.40. The average Bonchev–Trinajstić information content (AvgIpc) is 3.05. The fraction of sp³-hybridized carbons (Fsp3) is 0.500. The molecule has 0 atom stereocenters. The fourth-order valence-corrected chi connectivity index (χ4v) is 1.63. The van der Waals surface area contributed by atoms with Crippen molar-refractivity contribution >= 4 is 5.91 Å². The first-order valence-electron chi connectivity index (χ1n) is 5.61. The van der Waals surface area contributed by atoms with Crippen LogP contribution in [0.1, 0.15) is 37.1 Å². The molecule has 4 heteroatoms. The summed E-state index contributed by atoms with van der Waals surface area (Å²) in [4.78, 5) is 13.1. The molecule has 16 heavy (non-hydrogen) atoms. The number of rotatable bonds is 5. The van der Waals surface area contributed by atoms with Crippen molar-refractivity contribution in [1.82, 2.24) is 10.1 Å². The van der Waals surface area contributed by atoms with E-state index in [-0.39, 0.29) is 5.91 Å². The van der Waals surface area contributed by atoms with Crippen LogP contribution in [0.5, 0.6) is 0 Å². The van der Waals surface area contributed by atoms with Crippen molar-refractivity contribution in [2.75, 3.05) is 6.54 Å². The van der Waals surface area contributed by atoms with Crippen LogP contribution < -0.4 is 0 Å². The lowest BCUT2D eigenvalue weighted by molar-refractivity contribution is -0.126. The molecule has 86 valence electrons. The maximum Gasteiger partial charge on any atom is 0.246 e. The molecule has 0 radical (unpaired) electrons. The number of amides is 1. The summed E-state index contributed by atoms with van der Waals surface area (Å²) < 4.78 is 5.23. The first kappa shape index (κ1) is 10.9. The topological polar surface area (TPSA) is 46.3 Å². The van der Waals surface area contributed by atoms with Gasteiger partial charge in [0.25, 0.3) is 0 Å². The van der Waals surface area contributed by atoms with Gasteiger partial charge in [-0.1, -0.05) is 11.7 Å². The molecule has 1 amide bonds. The lowest BCUT2D eigenvalue weighted by Crippen LogP contribution is -2.28. The van der Waals surface area contributed by atoms with Gasteiger partial charge in [0.1, 0.15) is 11.5 Å². The molecule has 1 aromatic rings. The third-order valence-electron chi connectivity index (χ3n) is 2.78. The predicted molar refractivity (Wildman–Crippen MR) is 59.8 cm³/mol. The minimum Gasteiger partial charge on any atom is -0.361 e. The standard InChI is InChI=1S/C12H16N2O2/c1-3-12(15)14(4-2)8-10-7-11(16-13-10)9-5-6-9/h3,7,9H,1,4-6,8H2,2H3. The molecule has 0 unspecified atom stereocenters. The van der Waals surface area contributed by atoms with E-state index in [9.17, 15) is 4.79 Å². The molecule has 0 aliphatic heterocycles. The smallest absolute Gasteiger partial charge is 0.246 e. The highest BCUT2D eigenvalue weighted by Gasteiger charge is 2.28. The Morgan fingerprint density at radius 1 is 1.75 bits per heavy atom. The SMILES string of the molecule is C=CC(=O)N(CC)Cc1cc(C2CC2)on1. The van der Waals surface area contributed by atoms with Crippen LogP contribution in [0.15, 0.2) is 23.2 Å². The van der Waals surface area contributed by atoms with Crippen molar-refractivity contribution in [2.24, 2.45) is 0 Å². The van der Waals surface area contributed by atoms with Crippen LogP contribution in [0.4, 0.5) is 0 Å². The Hall–Kier alpha value is -1.58. The van der Waals surface area contributed by atoms with Gasteiger partial charge in [-0.15, -0.1) is 0 Å². The van der Waals surface area contributed by atoms with Crippen LogP contribution in [0.3, 0.4) is 0 Å². The van der Waals surface area contributed by atoms with Crippen molar-refractivity contribution < 1.29 is 9.32 Å². The van der Waals surface area contributed by atoms with Gasteiger partial charge < -0.3 is 9.42 Å². The fourth-order valence-electron chi connectivity index (χ4n) is 1.63. The summed E-state index contributed by atoms with van der Waals surface area (Å²) in [5.74, 6) is 1.45. The molecule has 0 saturated heterocycles. The second-order valence-corrected chi connectivity index (χ2v) is 4.05. The largest absolute Gasteiger partial charge is 0.361 e. The van der Waals surface area contributed by atoms with E-state index in [1.165, 1.54) is 18.9 Å². The van der Waals surface area contributed by atoms with Crippen molar-refractivity contribution in [3.05, 3.63) is 30.2 Å². The van der Waals surface area contributed by atoms with Crippen molar-refractivity contribution in [2.45, 2.75) is 32.2 Å². The van der Waals surface area contributed by atoms with E-state index in [1.807, 2.05) is 13.0 Å². The van der Waals surface area contributed by atoms with Gasteiger partial charge in [0.05, 0.1) is 6.54 Å². The zero-order valence-corrected chi connectivity index (χ0v) is 9.48. The van der Waals surface area contributed by atoms with Crippen LogP contribution in [0, 0.1) is 0 Å². The second-order valence-electron chi connectivity index (χ2n) is 4.05. The molecule has 0 bridgehead atoms. The molecule has 1 aliphatic rings. The van der Waals surface area contributed by atoms with Gasteiger partial charge in [0.2, 0.25) is 5.91 Å². The zero-order chi connectivity index (χ0) is 11.5. The third-order valence-corrected chi connectivity index (χ3v) is 2.78. The maximum atomic E-state index is 11.4. The van der Waals surface area contributed by atoms with E-state index in [0.717, 1.165) is 11.5 Å². The van der Waals surface area contributed by atoms with Crippen molar-refractivity contribution in [3.63, 3.8) is 0 Å². The Morgan fingerprint density at radius 2 is 2.50 bits per heavy atom. The van der Waals surface area contributed by atoms with Gasteiger partial charge in [-0.2, -0.15) is 0 Å². The molecule has 2 rings (SSSR count). The molecule has 0 spiro atoms. The predicted octanol–water partition coefficient (Wildman–Crippen LogP) is 2.09. The Bertz CT molecular complexity index is 393. The molecule has 1 aromatic heterocycles. The van der Waals surface area contributed by atoms with Crippen LogP contribution >= 0.6 is 0 Å². The van der Waals surface area contributed by atoms with E-state index < -0.39 is 0 Å². The molecule has 1 heterocycles. The Kier molecular flexibility index (Phi) is 3.08. The summed E-state index contributed by atoms with van der Waals surface area (Å²) in [7, 11) is 0. The highest BCUT2D eigenvalue weighted by atomic mass is 16.5. The van der Waals surface area contributed by atoms with Crippen molar-refractivity contribution in [1.29, 1.82) is 0 Å². The molecular weight excluding hydrogens is 204 g/mol. The number of carbonyl (C=O) groups is 1. The van der Waals surface area contributed by atoms with E-state index in [1.54, 1.807) is 4.90 Å². The van der Waals surface area contributed by atoms with Crippen LogP contribution in [-0.4, -0.2) is 22.5 Å². The lowest BCUT2D eigenvalue weighted by Gasteiger charge is -2.16. The second kappa shape index (κ2) is 4.51. The lowest BCUT2D eigenvalue weighted by atomic mass is 10.2. The maximum absolute atomic E-state index is 11.4. The molecule has 0 N–H and O–H groups in total. The van der Waals surface area contributed by atoms with E-state index in [4.69, 9.17) is 4.52 Å². The van der Waals surface area contributed by atoms with E-state index in [2.05, 4.69) is 11.7 Å². The van der Waals surface area contributed by atoms with Gasteiger partial charge in [-0.3, -0.25) is 4.79 Å². The number of aromatic nitrogens is 1. The Balaban J connectivity index is 2.00. The summed E-state index contributed by atoms with van der Waals surface area (Å²) in [6.45, 7) is 6.56. The molecule has 0 aromatic carbocycles. The van der Waals surface area contributed by atoms with Crippen LogP contribution in [0.25, 0.3) is 0 Å². The molecule has 1 saturated carbocycles. The van der Waals surface area contributed by atoms with Gasteiger partial charge in [-0.05, 0) is 25.8 Å². The molecule has 4 nitrogen and oxygen atoms in total. The number of hydrogen-bond donors (Lipinski definition) is 0. The first-order chi connectivity index (χ1) is 7.74. The normalized spacial score (nSPS) is 14.8. The van der Waals surface area contributed by atoms with Gasteiger partial charge >= 0.3 is 0 Å². The number of nitrogens with zero attached hydrogens (tertiary/aromatic N) is 2. The summed E-state index contributed by atoms with van der Waals surface area (Å²) in [5, 5.41) is 3.98. The van der Waals surface area contributed by atoms with Crippen molar-refractivity contribution in [3.8, 4) is 0 Å². The van der Waals surface area contributed by atoms with E-state index >= 15 is 0 Å². The minimum absolute atomic E-state index is 0.0709. The van der Waals surface area contributed by atoms with E-state index in [0.29, 0.717) is 19.0 Å². The first-order valence-corrected chi connectivity index (χ1v) is 5.61. The highest BCUT2D eigenvalue weighted by molar-refractivity contribution is 5.86. The summed E-state index contributed by atoms with van der Waals surface area (Å²) in [5.41, 5.74) is 0.818. The Morgan fingerprint density at radius 3 is 3.06 bits per heavy atom. The van der Waals surface area contributed by atoms with Gasteiger partial charge in [0.15, 0.2) is 0 Å². The third kappa shape index (κ3) is 2.32. The molecular formula is C12H16N2O2. The van der Waals surface area contributed by atoms with Gasteiger partial charge in [-0.25, -0.2) is 0 Å². The monoisotopic (exact) mass is 220 g/mol. The number of carbonyl (C=O) groups excluding carboxylic acids is 1. The van der Waals surface area contributed by atoms with Gasteiger partial charge in [0, 0.05) is 18.5 Å². The molecule has 1 aliphatic carbocycles. The summed E-state index contributed by atoms with van der Waals surface area (Å²) in [6.07, 6.45) is 3.71. The zero-order valence-electron chi connectivity index (χ0n) is 9.48. The molecule has 1 fully saturated rings. The number of hydrogen-bond acceptors (Lipinski definition) is 3. The Labute approximate surface area is 94.9 Å².